The van der Waals surface area contributed by atoms with Crippen LogP contribution in [0.2, 0.25) is 0 Å². The fraction of sp³-hybridized carbons (Fsp3) is 0.0667. The van der Waals surface area contributed by atoms with E-state index in [1.165, 1.54) is 18.6 Å². The maximum absolute atomic E-state index is 12.9. The van der Waals surface area contributed by atoms with Crippen molar-refractivity contribution in [2.75, 3.05) is 5.73 Å². The van der Waals surface area contributed by atoms with Gasteiger partial charge in [-0.05, 0) is 36.4 Å². The van der Waals surface area contributed by atoms with E-state index in [0.717, 1.165) is 11.8 Å². The largest absolute Gasteiger partial charge is 0.438 e. The van der Waals surface area contributed by atoms with E-state index in [1.807, 2.05) is 0 Å². The maximum Gasteiger partial charge on any atom is 0.421 e. The number of halogens is 3. The number of aromatic nitrogens is 3. The van der Waals surface area contributed by atoms with Crippen LogP contribution in [0.5, 0.6) is 11.6 Å². The summed E-state index contributed by atoms with van der Waals surface area (Å²) in [6.45, 7) is 0. The van der Waals surface area contributed by atoms with Crippen molar-refractivity contribution >= 4 is 5.82 Å². The molecule has 0 aliphatic heterocycles. The molecule has 3 aromatic rings. The quantitative estimate of drug-likeness (QED) is 0.800. The first-order valence-electron chi connectivity index (χ1n) is 6.53. The Morgan fingerprint density at radius 1 is 1.04 bits per heavy atom. The molecule has 23 heavy (non-hydrogen) atoms. The van der Waals surface area contributed by atoms with Gasteiger partial charge in [0.25, 0.3) is 0 Å². The normalized spacial score (nSPS) is 11.4. The van der Waals surface area contributed by atoms with Crippen molar-refractivity contribution in [1.29, 1.82) is 0 Å². The van der Waals surface area contributed by atoms with Gasteiger partial charge in [0, 0.05) is 11.9 Å². The number of pyridine rings is 1. The van der Waals surface area contributed by atoms with Gasteiger partial charge in [0.05, 0.1) is 6.20 Å². The zero-order valence-corrected chi connectivity index (χ0v) is 11.7. The van der Waals surface area contributed by atoms with Crippen LogP contribution in [-0.2, 0) is 6.18 Å². The maximum atomic E-state index is 12.9. The van der Waals surface area contributed by atoms with Crippen LogP contribution in [0.4, 0.5) is 19.0 Å². The predicted molar refractivity (Wildman–Crippen MR) is 77.3 cm³/mol. The van der Waals surface area contributed by atoms with E-state index < -0.39 is 17.6 Å². The molecular formula is C15H11F3N4O. The number of rotatable bonds is 3. The predicted octanol–water partition coefficient (Wildman–Crippen LogP) is 3.66. The molecule has 3 rings (SSSR count). The molecule has 0 radical (unpaired) electrons. The molecule has 8 heteroatoms. The van der Waals surface area contributed by atoms with Gasteiger partial charge in [0.2, 0.25) is 5.88 Å². The first-order valence-corrected chi connectivity index (χ1v) is 6.53. The molecule has 5 nitrogen and oxygen atoms in total. The highest BCUT2D eigenvalue weighted by atomic mass is 19.4. The number of nitrogens with two attached hydrogens (primary N) is 1. The molecule has 118 valence electrons. The Bertz CT molecular complexity index is 812. The monoisotopic (exact) mass is 320 g/mol. The highest BCUT2D eigenvalue weighted by Gasteiger charge is 2.35. The minimum Gasteiger partial charge on any atom is -0.438 e. The number of imidazole rings is 1. The van der Waals surface area contributed by atoms with Gasteiger partial charge in [-0.25, -0.2) is 9.97 Å². The van der Waals surface area contributed by atoms with Crippen molar-refractivity contribution < 1.29 is 17.9 Å². The summed E-state index contributed by atoms with van der Waals surface area (Å²) in [6.07, 6.45) is -0.132. The van der Waals surface area contributed by atoms with Gasteiger partial charge >= 0.3 is 6.18 Å². The summed E-state index contributed by atoms with van der Waals surface area (Å²) in [6, 6.07) is 8.56. The molecule has 2 N–H and O–H groups in total. The summed E-state index contributed by atoms with van der Waals surface area (Å²) in [4.78, 5) is 7.55. The lowest BCUT2D eigenvalue weighted by molar-refractivity contribution is -0.138. The first kappa shape index (κ1) is 14.9. The SMILES string of the molecule is Nc1cn(-c2ccc(Oc3ncccc3C(F)(F)F)cc2)cn1. The molecule has 0 saturated carbocycles. The lowest BCUT2D eigenvalue weighted by Crippen LogP contribution is -2.08. The van der Waals surface area contributed by atoms with Gasteiger partial charge in [-0.2, -0.15) is 13.2 Å². The van der Waals surface area contributed by atoms with Crippen LogP contribution in [0.15, 0.2) is 55.1 Å². The number of ether oxygens (including phenoxy) is 1. The van der Waals surface area contributed by atoms with Gasteiger partial charge in [-0.1, -0.05) is 0 Å². The van der Waals surface area contributed by atoms with E-state index in [9.17, 15) is 13.2 Å². The highest BCUT2D eigenvalue weighted by Crippen LogP contribution is 2.36. The van der Waals surface area contributed by atoms with E-state index in [2.05, 4.69) is 9.97 Å². The second-order valence-electron chi connectivity index (χ2n) is 4.66. The van der Waals surface area contributed by atoms with Crippen molar-refractivity contribution in [3.8, 4) is 17.3 Å². The van der Waals surface area contributed by atoms with Crippen molar-refractivity contribution in [3.63, 3.8) is 0 Å². The van der Waals surface area contributed by atoms with Crippen molar-refractivity contribution in [1.82, 2.24) is 14.5 Å². The van der Waals surface area contributed by atoms with Crippen LogP contribution in [0.25, 0.3) is 5.69 Å². The minimum absolute atomic E-state index is 0.242. The Labute approximate surface area is 129 Å². The molecule has 0 spiro atoms. The third-order valence-corrected chi connectivity index (χ3v) is 3.03. The Morgan fingerprint density at radius 2 is 1.78 bits per heavy atom. The first-order chi connectivity index (χ1) is 10.9. The summed E-state index contributed by atoms with van der Waals surface area (Å²) in [5, 5.41) is 0. The van der Waals surface area contributed by atoms with E-state index in [1.54, 1.807) is 35.0 Å². The van der Waals surface area contributed by atoms with E-state index in [0.29, 0.717) is 5.82 Å². The van der Waals surface area contributed by atoms with E-state index >= 15 is 0 Å². The number of alkyl halides is 3. The summed E-state index contributed by atoms with van der Waals surface area (Å²) >= 11 is 0. The Balaban J connectivity index is 1.85. The zero-order valence-electron chi connectivity index (χ0n) is 11.7. The molecule has 0 aliphatic rings. The fourth-order valence-electron chi connectivity index (χ4n) is 1.97. The number of hydrogen-bond donors (Lipinski definition) is 1. The van der Waals surface area contributed by atoms with Crippen molar-refractivity contribution in [2.24, 2.45) is 0 Å². The van der Waals surface area contributed by atoms with Gasteiger partial charge in [0.15, 0.2) is 0 Å². The van der Waals surface area contributed by atoms with Crippen LogP contribution in [0.3, 0.4) is 0 Å². The number of hydrogen-bond acceptors (Lipinski definition) is 4. The Morgan fingerprint density at radius 3 is 2.39 bits per heavy atom. The van der Waals surface area contributed by atoms with E-state index in [4.69, 9.17) is 10.5 Å². The second-order valence-corrected chi connectivity index (χ2v) is 4.66. The highest BCUT2D eigenvalue weighted by molar-refractivity contribution is 5.41. The molecule has 0 aliphatic carbocycles. The van der Waals surface area contributed by atoms with Crippen LogP contribution in [0, 0.1) is 0 Å². The molecule has 2 heterocycles. The second kappa shape index (κ2) is 5.64. The van der Waals surface area contributed by atoms with E-state index in [-0.39, 0.29) is 5.75 Å². The number of anilines is 1. The summed E-state index contributed by atoms with van der Waals surface area (Å²) in [5.74, 6) is 0.124. The van der Waals surface area contributed by atoms with Gasteiger partial charge in [-0.3, -0.25) is 0 Å². The van der Waals surface area contributed by atoms with Crippen LogP contribution in [0.1, 0.15) is 5.56 Å². The molecule has 0 fully saturated rings. The third kappa shape index (κ3) is 3.25. The smallest absolute Gasteiger partial charge is 0.421 e. The molecule has 0 bridgehead atoms. The summed E-state index contributed by atoms with van der Waals surface area (Å²) in [7, 11) is 0. The van der Waals surface area contributed by atoms with Gasteiger partial charge in [0.1, 0.15) is 23.5 Å². The Kier molecular flexibility index (Phi) is 3.65. The Hall–Kier alpha value is -3.03. The summed E-state index contributed by atoms with van der Waals surface area (Å²) < 4.78 is 45.6. The topological polar surface area (TPSA) is 66.0 Å². The van der Waals surface area contributed by atoms with Crippen LogP contribution >= 0.6 is 0 Å². The number of nitrogens with zero attached hydrogens (tertiary/aromatic N) is 3. The zero-order chi connectivity index (χ0) is 16.4. The molecule has 0 amide bonds. The van der Waals surface area contributed by atoms with Crippen LogP contribution < -0.4 is 10.5 Å². The van der Waals surface area contributed by atoms with Crippen molar-refractivity contribution in [3.05, 3.63) is 60.7 Å². The molecule has 0 unspecified atom stereocenters. The lowest BCUT2D eigenvalue weighted by atomic mass is 10.2. The average molecular weight is 320 g/mol. The third-order valence-electron chi connectivity index (χ3n) is 3.03. The minimum atomic E-state index is -4.53. The average Bonchev–Trinajstić information content (AvgIpc) is 2.94. The van der Waals surface area contributed by atoms with Crippen molar-refractivity contribution in [2.45, 2.75) is 6.18 Å². The number of nitrogen functional groups attached to an aromatic ring is 1. The lowest BCUT2D eigenvalue weighted by Gasteiger charge is -2.12. The molecule has 0 saturated heterocycles. The van der Waals surface area contributed by atoms with Gasteiger partial charge < -0.3 is 15.0 Å². The standard InChI is InChI=1S/C15H11F3N4O/c16-15(17,18)12-2-1-7-20-14(12)23-11-5-3-10(4-6-11)22-8-13(19)21-9-22/h1-9H,19H2. The summed E-state index contributed by atoms with van der Waals surface area (Å²) in [5.41, 5.74) is 5.36. The fourth-order valence-corrected chi connectivity index (χ4v) is 1.97. The van der Waals surface area contributed by atoms with Gasteiger partial charge in [-0.15, -0.1) is 0 Å². The van der Waals surface area contributed by atoms with Crippen LogP contribution in [-0.4, -0.2) is 14.5 Å². The molecule has 1 aromatic carbocycles. The molecular weight excluding hydrogens is 309 g/mol. The molecule has 0 atom stereocenters. The number of benzene rings is 1. The molecule has 2 aromatic heterocycles.